The van der Waals surface area contributed by atoms with Gasteiger partial charge < -0.3 is 0 Å². The van der Waals surface area contributed by atoms with Gasteiger partial charge in [0.15, 0.2) is 0 Å². The van der Waals surface area contributed by atoms with Gasteiger partial charge in [-0.25, -0.2) is 0 Å². The lowest BCUT2D eigenvalue weighted by Gasteiger charge is -2.25. The van der Waals surface area contributed by atoms with Crippen molar-refractivity contribution in [2.45, 2.75) is 25.4 Å². The van der Waals surface area contributed by atoms with E-state index in [0.717, 1.165) is 12.0 Å². The van der Waals surface area contributed by atoms with Gasteiger partial charge in [-0.05, 0) is 24.3 Å². The maximum Gasteiger partial charge on any atom is 0.0236 e. The molecule has 1 aromatic rings. The molecule has 0 unspecified atom stereocenters. The Morgan fingerprint density at radius 2 is 1.92 bits per heavy atom. The molecule has 2 aliphatic heterocycles. The average Bonchev–Trinajstić information content (AvgIpc) is 2.63. The topological polar surface area (TPSA) is 3.24 Å². The minimum Gasteiger partial charge on any atom is -0.296 e. The molecule has 3 aliphatic rings. The van der Waals surface area contributed by atoms with Crippen LogP contribution in [0.25, 0.3) is 0 Å². The Hall–Kier alpha value is -0.820. The van der Waals surface area contributed by atoms with Crippen LogP contribution in [0.2, 0.25) is 0 Å². The molecule has 2 saturated heterocycles. The summed E-state index contributed by atoms with van der Waals surface area (Å²) in [5.41, 5.74) is 1.47. The zero-order valence-electron chi connectivity index (χ0n) is 7.82. The zero-order chi connectivity index (χ0) is 8.67. The molecule has 1 aromatic carbocycles. The predicted octanol–water partition coefficient (Wildman–Crippen LogP) is 2.28. The van der Waals surface area contributed by atoms with Crippen LogP contribution in [0.1, 0.15) is 18.4 Å². The van der Waals surface area contributed by atoms with Crippen LogP contribution in [0, 0.1) is 5.92 Å². The van der Waals surface area contributed by atoms with E-state index in [1.165, 1.54) is 31.5 Å². The summed E-state index contributed by atoms with van der Waals surface area (Å²) in [6.07, 6.45) is 2.93. The van der Waals surface area contributed by atoms with Crippen LogP contribution in [0.15, 0.2) is 30.3 Å². The number of fused-ring (bicyclic) bond motifs is 1. The lowest BCUT2D eigenvalue weighted by molar-refractivity contribution is 0.240. The van der Waals surface area contributed by atoms with Crippen molar-refractivity contribution in [2.75, 3.05) is 6.54 Å². The summed E-state index contributed by atoms with van der Waals surface area (Å²) >= 11 is 0. The molecule has 0 N–H and O–H groups in total. The van der Waals surface area contributed by atoms with E-state index in [-0.39, 0.29) is 0 Å². The number of hydrogen-bond donors (Lipinski definition) is 0. The Morgan fingerprint density at radius 1 is 1.15 bits per heavy atom. The van der Waals surface area contributed by atoms with Crippen molar-refractivity contribution in [3.8, 4) is 0 Å². The molecule has 0 radical (unpaired) electrons. The van der Waals surface area contributed by atoms with Gasteiger partial charge in [0.25, 0.3) is 0 Å². The highest BCUT2D eigenvalue weighted by Gasteiger charge is 2.42. The lowest BCUT2D eigenvalue weighted by atomic mass is 9.86. The minimum absolute atomic E-state index is 0.921. The fourth-order valence-electron chi connectivity index (χ4n) is 2.64. The summed E-state index contributed by atoms with van der Waals surface area (Å²) in [4.78, 5) is 2.64. The van der Waals surface area contributed by atoms with Gasteiger partial charge in [0.2, 0.25) is 0 Å². The number of nitrogens with zero attached hydrogens (tertiary/aromatic N) is 1. The highest BCUT2D eigenvalue weighted by atomic mass is 15.2. The van der Waals surface area contributed by atoms with Crippen molar-refractivity contribution in [3.63, 3.8) is 0 Å². The second kappa shape index (κ2) is 2.85. The van der Waals surface area contributed by atoms with Crippen molar-refractivity contribution in [1.82, 2.24) is 4.90 Å². The maximum atomic E-state index is 2.64. The molecule has 3 fully saturated rings. The molecule has 1 heteroatoms. The van der Waals surface area contributed by atoms with Crippen molar-refractivity contribution in [1.29, 1.82) is 0 Å². The number of benzene rings is 1. The molecule has 1 aliphatic carbocycles. The van der Waals surface area contributed by atoms with Crippen molar-refractivity contribution < 1.29 is 0 Å². The van der Waals surface area contributed by atoms with E-state index < -0.39 is 0 Å². The van der Waals surface area contributed by atoms with Gasteiger partial charge in [-0.3, -0.25) is 4.90 Å². The molecule has 0 amide bonds. The predicted molar refractivity (Wildman–Crippen MR) is 53.4 cm³/mol. The van der Waals surface area contributed by atoms with Gasteiger partial charge in [-0.15, -0.1) is 0 Å². The lowest BCUT2D eigenvalue weighted by Crippen LogP contribution is -2.28. The molecule has 1 nitrogen and oxygen atoms in total. The first kappa shape index (κ1) is 7.57. The van der Waals surface area contributed by atoms with E-state index in [9.17, 15) is 0 Å². The SMILES string of the molecule is c1ccc(CN2CC3CC2C3)cc1. The Balaban J connectivity index is 1.70. The van der Waals surface area contributed by atoms with E-state index in [1.54, 1.807) is 0 Å². The summed E-state index contributed by atoms with van der Waals surface area (Å²) in [5, 5.41) is 0. The van der Waals surface area contributed by atoms with Gasteiger partial charge in [0.1, 0.15) is 0 Å². The van der Waals surface area contributed by atoms with Crippen LogP contribution in [-0.4, -0.2) is 17.5 Å². The highest BCUT2D eigenvalue weighted by molar-refractivity contribution is 5.15. The minimum atomic E-state index is 0.921. The molecule has 2 heterocycles. The van der Waals surface area contributed by atoms with Gasteiger partial charge >= 0.3 is 0 Å². The molecule has 2 bridgehead atoms. The molecule has 0 spiro atoms. The Bertz CT molecular complexity index is 287. The summed E-state index contributed by atoms with van der Waals surface area (Å²) in [7, 11) is 0. The second-order valence-corrected chi connectivity index (χ2v) is 4.41. The van der Waals surface area contributed by atoms with Crippen LogP contribution in [0.5, 0.6) is 0 Å². The summed E-state index contributed by atoms with van der Waals surface area (Å²) < 4.78 is 0. The summed E-state index contributed by atoms with van der Waals surface area (Å²) in [6.45, 7) is 2.52. The van der Waals surface area contributed by atoms with Gasteiger partial charge in [0.05, 0.1) is 0 Å². The van der Waals surface area contributed by atoms with E-state index in [1.807, 2.05) is 0 Å². The first-order valence-corrected chi connectivity index (χ1v) is 5.20. The maximum absolute atomic E-state index is 2.64. The Labute approximate surface area is 79.4 Å². The van der Waals surface area contributed by atoms with Crippen LogP contribution >= 0.6 is 0 Å². The average molecular weight is 173 g/mol. The van der Waals surface area contributed by atoms with E-state index in [0.29, 0.717) is 0 Å². The molecule has 1 saturated carbocycles. The van der Waals surface area contributed by atoms with Crippen molar-refractivity contribution >= 4 is 0 Å². The molecule has 4 rings (SSSR count). The summed E-state index contributed by atoms with van der Waals surface area (Å²) in [6, 6.07) is 11.7. The van der Waals surface area contributed by atoms with E-state index in [4.69, 9.17) is 0 Å². The molecular weight excluding hydrogens is 158 g/mol. The van der Waals surface area contributed by atoms with Gasteiger partial charge in [-0.1, -0.05) is 30.3 Å². The first-order chi connectivity index (χ1) is 6.42. The summed E-state index contributed by atoms with van der Waals surface area (Å²) in [5.74, 6) is 1.04. The van der Waals surface area contributed by atoms with Gasteiger partial charge in [0, 0.05) is 19.1 Å². The van der Waals surface area contributed by atoms with Crippen LogP contribution in [0.3, 0.4) is 0 Å². The standard InChI is InChI=1S/C12H15N/c1-2-4-10(5-3-1)8-13-9-11-6-12(13)7-11/h1-5,11-12H,6-9H2. The van der Waals surface area contributed by atoms with Gasteiger partial charge in [-0.2, -0.15) is 0 Å². The number of rotatable bonds is 2. The molecule has 0 aromatic heterocycles. The van der Waals surface area contributed by atoms with Crippen molar-refractivity contribution in [3.05, 3.63) is 35.9 Å². The third-order valence-electron chi connectivity index (χ3n) is 3.45. The quantitative estimate of drug-likeness (QED) is 0.663. The molecular formula is C12H15N. The monoisotopic (exact) mass is 173 g/mol. The molecule has 0 atom stereocenters. The van der Waals surface area contributed by atoms with E-state index in [2.05, 4.69) is 35.2 Å². The van der Waals surface area contributed by atoms with E-state index >= 15 is 0 Å². The smallest absolute Gasteiger partial charge is 0.0236 e. The molecule has 13 heavy (non-hydrogen) atoms. The Morgan fingerprint density at radius 3 is 2.54 bits per heavy atom. The van der Waals surface area contributed by atoms with Crippen molar-refractivity contribution in [2.24, 2.45) is 5.92 Å². The number of hydrogen-bond acceptors (Lipinski definition) is 1. The second-order valence-electron chi connectivity index (χ2n) is 4.41. The highest BCUT2D eigenvalue weighted by Crippen LogP contribution is 2.41. The largest absolute Gasteiger partial charge is 0.296 e. The fraction of sp³-hybridized carbons (Fsp3) is 0.500. The van der Waals surface area contributed by atoms with Crippen LogP contribution < -0.4 is 0 Å². The fourth-order valence-corrected chi connectivity index (χ4v) is 2.64. The molecule has 68 valence electrons. The third-order valence-corrected chi connectivity index (χ3v) is 3.45. The van der Waals surface area contributed by atoms with Crippen LogP contribution in [0.4, 0.5) is 0 Å². The Kier molecular flexibility index (Phi) is 1.66. The normalized spacial score (nSPS) is 31.7. The first-order valence-electron chi connectivity index (χ1n) is 5.20. The van der Waals surface area contributed by atoms with Crippen LogP contribution in [-0.2, 0) is 6.54 Å². The third kappa shape index (κ3) is 1.28. The zero-order valence-corrected chi connectivity index (χ0v) is 7.82.